The van der Waals surface area contributed by atoms with Gasteiger partial charge in [-0.05, 0) is 83.3 Å². The molecular weight excluding hydrogens is 428 g/mol. The van der Waals surface area contributed by atoms with Crippen LogP contribution in [0.2, 0.25) is 5.02 Å². The summed E-state index contributed by atoms with van der Waals surface area (Å²) in [6.07, 6.45) is 8.76. The lowest BCUT2D eigenvalue weighted by Crippen LogP contribution is -2.44. The van der Waals surface area contributed by atoms with Crippen molar-refractivity contribution in [1.29, 1.82) is 0 Å². The van der Waals surface area contributed by atoms with E-state index in [0.717, 1.165) is 58.4 Å². The van der Waals surface area contributed by atoms with Crippen molar-refractivity contribution in [3.63, 3.8) is 0 Å². The predicted molar refractivity (Wildman–Crippen MR) is 130 cm³/mol. The Morgan fingerprint density at radius 2 is 1.69 bits per heavy atom. The van der Waals surface area contributed by atoms with Gasteiger partial charge in [0.15, 0.2) is 0 Å². The van der Waals surface area contributed by atoms with Gasteiger partial charge < -0.3 is 24.0 Å². The third kappa shape index (κ3) is 10.1. The van der Waals surface area contributed by atoms with Crippen LogP contribution in [-0.2, 0) is 9.47 Å². The molecule has 1 aliphatic rings. The summed E-state index contributed by atoms with van der Waals surface area (Å²) in [7, 11) is 3.90. The van der Waals surface area contributed by atoms with E-state index in [1.807, 2.05) is 11.8 Å². The summed E-state index contributed by atoms with van der Waals surface area (Å²) < 4.78 is 16.8. The van der Waals surface area contributed by atoms with Gasteiger partial charge in [-0.15, -0.1) is 0 Å². The molecule has 1 fully saturated rings. The van der Waals surface area contributed by atoms with Crippen LogP contribution < -0.4 is 4.74 Å². The van der Waals surface area contributed by atoms with Crippen LogP contribution in [-0.4, -0.2) is 75.0 Å². The summed E-state index contributed by atoms with van der Waals surface area (Å²) in [4.78, 5) is 16.8. The van der Waals surface area contributed by atoms with Crippen LogP contribution in [0.3, 0.4) is 0 Å². The number of benzene rings is 1. The largest absolute Gasteiger partial charge is 0.415 e. The number of ether oxygens (including phenoxy) is 3. The number of halogens is 1. The van der Waals surface area contributed by atoms with Crippen molar-refractivity contribution in [1.82, 2.24) is 9.80 Å². The zero-order chi connectivity index (χ0) is 23.2. The number of unbranched alkanes of at least 4 members (excludes halogenated alkanes) is 3. The smallest absolute Gasteiger partial charge is 0.410 e. The van der Waals surface area contributed by atoms with Crippen LogP contribution in [0.1, 0.15) is 58.3 Å². The molecule has 0 heterocycles. The number of hydrogen-bond donors (Lipinski definition) is 0. The molecule has 0 spiro atoms. The fourth-order valence-electron chi connectivity index (χ4n) is 4.17. The second-order valence-electron chi connectivity index (χ2n) is 8.62. The first kappa shape index (κ1) is 26.9. The van der Waals surface area contributed by atoms with Gasteiger partial charge in [-0.25, -0.2) is 4.79 Å². The van der Waals surface area contributed by atoms with Crippen molar-refractivity contribution >= 4 is 17.7 Å². The molecule has 0 atom stereocenters. The van der Waals surface area contributed by atoms with Gasteiger partial charge in [0.1, 0.15) is 5.75 Å². The Bertz CT molecular complexity index is 635. The Morgan fingerprint density at radius 3 is 2.34 bits per heavy atom. The maximum absolute atomic E-state index is 12.6. The Hall–Kier alpha value is -1.34. The number of carbonyl (C=O) groups excluding carboxylic acids is 1. The van der Waals surface area contributed by atoms with E-state index in [2.05, 4.69) is 11.9 Å². The summed E-state index contributed by atoms with van der Waals surface area (Å²) >= 11 is 5.90. The Labute approximate surface area is 199 Å². The van der Waals surface area contributed by atoms with Crippen molar-refractivity contribution in [3.8, 4) is 5.75 Å². The first-order valence-corrected chi connectivity index (χ1v) is 12.4. The van der Waals surface area contributed by atoms with E-state index in [0.29, 0.717) is 23.4 Å². The quantitative estimate of drug-likeness (QED) is 0.331. The SMILES string of the molecule is CCN(C(=O)Oc1ccc(Cl)cc1)C1CCC(OCCCCCCN(C)CCOC)CC1. The molecule has 182 valence electrons. The molecule has 0 aromatic heterocycles. The maximum Gasteiger partial charge on any atom is 0.415 e. The van der Waals surface area contributed by atoms with E-state index >= 15 is 0 Å². The topological polar surface area (TPSA) is 51.2 Å². The highest BCUT2D eigenvalue weighted by atomic mass is 35.5. The average molecular weight is 469 g/mol. The first-order chi connectivity index (χ1) is 15.5. The maximum atomic E-state index is 12.6. The summed E-state index contributed by atoms with van der Waals surface area (Å²) in [5, 5.41) is 0.626. The van der Waals surface area contributed by atoms with Gasteiger partial charge in [-0.2, -0.15) is 0 Å². The molecule has 1 aromatic carbocycles. The lowest BCUT2D eigenvalue weighted by molar-refractivity contribution is 0.00822. The molecule has 0 unspecified atom stereocenters. The number of methoxy groups -OCH3 is 1. The summed E-state index contributed by atoms with van der Waals surface area (Å²) in [5.41, 5.74) is 0. The van der Waals surface area contributed by atoms with E-state index in [9.17, 15) is 4.79 Å². The standard InChI is InChI=1S/C25H41ClN2O4/c1-4-28(25(29)32-24-13-9-21(26)10-14-24)22-11-15-23(16-12-22)31-19-8-6-5-7-17-27(2)18-20-30-3/h9-10,13-14,22-23H,4-8,11-12,15-20H2,1-3H3. The van der Waals surface area contributed by atoms with Gasteiger partial charge >= 0.3 is 6.09 Å². The molecule has 6 nitrogen and oxygen atoms in total. The molecule has 1 aromatic rings. The van der Waals surface area contributed by atoms with Crippen molar-refractivity contribution in [2.45, 2.75) is 70.4 Å². The second-order valence-corrected chi connectivity index (χ2v) is 9.06. The molecular formula is C25H41ClN2O4. The third-order valence-corrected chi connectivity index (χ3v) is 6.40. The summed E-state index contributed by atoms with van der Waals surface area (Å²) in [6, 6.07) is 7.11. The highest BCUT2D eigenvalue weighted by Gasteiger charge is 2.29. The molecule has 0 radical (unpaired) electrons. The number of likely N-dealkylation sites (N-methyl/N-ethyl adjacent to an activating group) is 1. The molecule has 32 heavy (non-hydrogen) atoms. The Morgan fingerprint density at radius 1 is 1.00 bits per heavy atom. The lowest BCUT2D eigenvalue weighted by Gasteiger charge is -2.35. The van der Waals surface area contributed by atoms with Crippen molar-refractivity contribution < 1.29 is 19.0 Å². The minimum atomic E-state index is -0.285. The fourth-order valence-corrected chi connectivity index (χ4v) is 4.29. The minimum Gasteiger partial charge on any atom is -0.410 e. The molecule has 1 aliphatic carbocycles. The Kier molecular flexibility index (Phi) is 13.0. The predicted octanol–water partition coefficient (Wildman–Crippen LogP) is 5.63. The number of rotatable bonds is 14. The molecule has 7 heteroatoms. The van der Waals surface area contributed by atoms with E-state index in [-0.39, 0.29) is 12.1 Å². The minimum absolute atomic E-state index is 0.217. The molecule has 1 amide bonds. The second kappa shape index (κ2) is 15.5. The van der Waals surface area contributed by atoms with Gasteiger partial charge in [0.25, 0.3) is 0 Å². The Balaban J connectivity index is 1.57. The third-order valence-electron chi connectivity index (χ3n) is 6.14. The number of amides is 1. The van der Waals surface area contributed by atoms with Crippen LogP contribution in [0.25, 0.3) is 0 Å². The highest BCUT2D eigenvalue weighted by molar-refractivity contribution is 6.30. The van der Waals surface area contributed by atoms with Gasteiger partial charge in [-0.1, -0.05) is 24.4 Å². The molecule has 2 rings (SSSR count). The van der Waals surface area contributed by atoms with Gasteiger partial charge in [-0.3, -0.25) is 0 Å². The monoisotopic (exact) mass is 468 g/mol. The van der Waals surface area contributed by atoms with Crippen LogP contribution in [0.15, 0.2) is 24.3 Å². The van der Waals surface area contributed by atoms with Crippen molar-refractivity contribution in [2.24, 2.45) is 0 Å². The molecule has 0 N–H and O–H groups in total. The lowest BCUT2D eigenvalue weighted by atomic mass is 9.92. The van der Waals surface area contributed by atoms with Crippen LogP contribution in [0.5, 0.6) is 5.75 Å². The molecule has 0 bridgehead atoms. The first-order valence-electron chi connectivity index (χ1n) is 12.1. The van der Waals surface area contributed by atoms with E-state index in [1.54, 1.807) is 31.4 Å². The normalized spacial score (nSPS) is 18.7. The van der Waals surface area contributed by atoms with Crippen molar-refractivity contribution in [2.75, 3.05) is 47.0 Å². The zero-order valence-electron chi connectivity index (χ0n) is 20.1. The highest BCUT2D eigenvalue weighted by Crippen LogP contribution is 2.26. The van der Waals surface area contributed by atoms with Crippen LogP contribution in [0.4, 0.5) is 4.79 Å². The van der Waals surface area contributed by atoms with Crippen LogP contribution in [0, 0.1) is 0 Å². The van der Waals surface area contributed by atoms with Gasteiger partial charge in [0, 0.05) is 37.9 Å². The van der Waals surface area contributed by atoms with E-state index in [1.165, 1.54) is 19.3 Å². The molecule has 0 aliphatic heterocycles. The number of nitrogens with zero attached hydrogens (tertiary/aromatic N) is 2. The van der Waals surface area contributed by atoms with Gasteiger partial charge in [0.2, 0.25) is 0 Å². The van der Waals surface area contributed by atoms with Crippen LogP contribution >= 0.6 is 11.6 Å². The number of hydrogen-bond acceptors (Lipinski definition) is 5. The molecule has 0 saturated heterocycles. The van der Waals surface area contributed by atoms with Crippen molar-refractivity contribution in [3.05, 3.63) is 29.3 Å². The fraction of sp³-hybridized carbons (Fsp3) is 0.720. The summed E-state index contributed by atoms with van der Waals surface area (Å²) in [6.45, 7) is 6.40. The van der Waals surface area contributed by atoms with E-state index < -0.39 is 0 Å². The van der Waals surface area contributed by atoms with Gasteiger partial charge in [0.05, 0.1) is 12.7 Å². The number of carbonyl (C=O) groups is 1. The summed E-state index contributed by atoms with van der Waals surface area (Å²) in [5.74, 6) is 0.525. The average Bonchev–Trinajstić information content (AvgIpc) is 2.80. The molecule has 1 saturated carbocycles. The van der Waals surface area contributed by atoms with E-state index in [4.69, 9.17) is 25.8 Å². The zero-order valence-corrected chi connectivity index (χ0v) is 20.8.